The molecule has 20 heavy (non-hydrogen) atoms. The summed E-state index contributed by atoms with van der Waals surface area (Å²) < 4.78 is 30.7. The SMILES string of the molecule is COC(=O)CCN1C(=O)CNC1c1ccc(F)c(F)c1. The van der Waals surface area contributed by atoms with Crippen molar-refractivity contribution in [3.63, 3.8) is 0 Å². The van der Waals surface area contributed by atoms with Gasteiger partial charge < -0.3 is 9.64 Å². The summed E-state index contributed by atoms with van der Waals surface area (Å²) in [6.07, 6.45) is -0.522. The van der Waals surface area contributed by atoms with Gasteiger partial charge in [0.25, 0.3) is 0 Å². The molecule has 2 rings (SSSR count). The molecule has 1 amide bonds. The summed E-state index contributed by atoms with van der Waals surface area (Å²) in [6.45, 7) is 0.243. The summed E-state index contributed by atoms with van der Waals surface area (Å²) in [5.74, 6) is -2.56. The van der Waals surface area contributed by atoms with Crippen LogP contribution >= 0.6 is 0 Å². The van der Waals surface area contributed by atoms with E-state index in [1.165, 1.54) is 18.1 Å². The zero-order valence-electron chi connectivity index (χ0n) is 10.9. The highest BCUT2D eigenvalue weighted by atomic mass is 19.2. The lowest BCUT2D eigenvalue weighted by Gasteiger charge is -2.24. The third-order valence-electron chi connectivity index (χ3n) is 3.12. The summed E-state index contributed by atoms with van der Waals surface area (Å²) in [6, 6.07) is 3.45. The van der Waals surface area contributed by atoms with Crippen molar-refractivity contribution in [2.45, 2.75) is 12.6 Å². The summed E-state index contributed by atoms with van der Waals surface area (Å²) >= 11 is 0. The largest absolute Gasteiger partial charge is 0.469 e. The van der Waals surface area contributed by atoms with Crippen molar-refractivity contribution in [2.75, 3.05) is 20.2 Å². The lowest BCUT2D eigenvalue weighted by molar-refractivity contribution is -0.141. The molecule has 0 spiro atoms. The Hall–Kier alpha value is -2.02. The lowest BCUT2D eigenvalue weighted by Crippen LogP contribution is -2.32. The maximum atomic E-state index is 13.2. The molecule has 7 heteroatoms. The van der Waals surface area contributed by atoms with Gasteiger partial charge in [0.1, 0.15) is 6.17 Å². The van der Waals surface area contributed by atoms with Crippen LogP contribution in [0.4, 0.5) is 8.78 Å². The molecular weight excluding hydrogens is 270 g/mol. The second-order valence-corrected chi connectivity index (χ2v) is 4.37. The monoisotopic (exact) mass is 284 g/mol. The molecule has 1 heterocycles. The topological polar surface area (TPSA) is 58.6 Å². The van der Waals surface area contributed by atoms with E-state index < -0.39 is 23.8 Å². The Kier molecular flexibility index (Phi) is 4.29. The fraction of sp³-hybridized carbons (Fsp3) is 0.385. The second-order valence-electron chi connectivity index (χ2n) is 4.37. The number of amides is 1. The number of carbonyl (C=O) groups excluding carboxylic acids is 2. The molecule has 0 aromatic heterocycles. The van der Waals surface area contributed by atoms with Gasteiger partial charge in [0.05, 0.1) is 20.1 Å². The molecule has 108 valence electrons. The second kappa shape index (κ2) is 5.96. The van der Waals surface area contributed by atoms with Gasteiger partial charge >= 0.3 is 5.97 Å². The van der Waals surface area contributed by atoms with Gasteiger partial charge in [0, 0.05) is 6.54 Å². The van der Waals surface area contributed by atoms with Crippen molar-refractivity contribution in [1.82, 2.24) is 10.2 Å². The van der Waals surface area contributed by atoms with E-state index >= 15 is 0 Å². The standard InChI is InChI=1S/C13H14F2N2O3/c1-20-12(19)4-5-17-11(18)7-16-13(17)8-2-3-9(14)10(15)6-8/h2-3,6,13,16H,4-5,7H2,1H3. The number of methoxy groups -OCH3 is 1. The van der Waals surface area contributed by atoms with Gasteiger partial charge in [-0.3, -0.25) is 14.9 Å². The predicted octanol–water partition coefficient (Wildman–Crippen LogP) is 0.958. The minimum absolute atomic E-state index is 0.0457. The van der Waals surface area contributed by atoms with Crippen molar-refractivity contribution in [3.05, 3.63) is 35.4 Å². The van der Waals surface area contributed by atoms with E-state index in [0.717, 1.165) is 12.1 Å². The smallest absolute Gasteiger partial charge is 0.307 e. The van der Waals surface area contributed by atoms with Crippen LogP contribution in [0, 0.1) is 11.6 Å². The first-order valence-electron chi connectivity index (χ1n) is 6.07. The number of benzene rings is 1. The fourth-order valence-corrected chi connectivity index (χ4v) is 2.09. The van der Waals surface area contributed by atoms with Crippen molar-refractivity contribution in [2.24, 2.45) is 0 Å². The number of ether oxygens (including phenoxy) is 1. The van der Waals surface area contributed by atoms with Crippen LogP contribution in [-0.2, 0) is 14.3 Å². The maximum absolute atomic E-state index is 13.2. The first kappa shape index (κ1) is 14.4. The van der Waals surface area contributed by atoms with Crippen molar-refractivity contribution in [3.8, 4) is 0 Å². The Balaban J connectivity index is 2.14. The van der Waals surface area contributed by atoms with Gasteiger partial charge in [-0.25, -0.2) is 8.78 Å². The van der Waals surface area contributed by atoms with Crippen molar-refractivity contribution < 1.29 is 23.1 Å². The molecule has 0 saturated carbocycles. The zero-order chi connectivity index (χ0) is 14.7. The van der Waals surface area contributed by atoms with E-state index in [1.54, 1.807) is 0 Å². The number of hydrogen-bond acceptors (Lipinski definition) is 4. The van der Waals surface area contributed by atoms with E-state index in [-0.39, 0.29) is 25.4 Å². The Bertz CT molecular complexity index is 536. The quantitative estimate of drug-likeness (QED) is 0.837. The molecule has 1 aliphatic heterocycles. The van der Waals surface area contributed by atoms with Crippen LogP contribution in [0.5, 0.6) is 0 Å². The van der Waals surface area contributed by atoms with Crippen LogP contribution in [0.1, 0.15) is 18.2 Å². The minimum Gasteiger partial charge on any atom is -0.469 e. The van der Waals surface area contributed by atoms with Gasteiger partial charge in [-0.2, -0.15) is 0 Å². The number of carbonyl (C=O) groups is 2. The zero-order valence-corrected chi connectivity index (χ0v) is 10.9. The average Bonchev–Trinajstić information content (AvgIpc) is 2.80. The number of nitrogens with one attached hydrogen (secondary N) is 1. The van der Waals surface area contributed by atoms with Crippen molar-refractivity contribution in [1.29, 1.82) is 0 Å². The van der Waals surface area contributed by atoms with Crippen LogP contribution < -0.4 is 5.32 Å². The molecule has 1 aromatic carbocycles. The van der Waals surface area contributed by atoms with E-state index in [2.05, 4.69) is 10.1 Å². The summed E-state index contributed by atoms with van der Waals surface area (Å²) in [5, 5.41) is 2.90. The Morgan fingerprint density at radius 2 is 2.20 bits per heavy atom. The van der Waals surface area contributed by atoms with Gasteiger partial charge in [-0.1, -0.05) is 6.07 Å². The molecule has 1 fully saturated rings. The summed E-state index contributed by atoms with van der Waals surface area (Å²) in [7, 11) is 1.26. The van der Waals surface area contributed by atoms with Gasteiger partial charge in [0.2, 0.25) is 5.91 Å². The first-order valence-corrected chi connectivity index (χ1v) is 6.07. The Labute approximate surface area is 114 Å². The first-order chi connectivity index (χ1) is 9.52. The number of rotatable bonds is 4. The molecule has 5 nitrogen and oxygen atoms in total. The highest BCUT2D eigenvalue weighted by Gasteiger charge is 2.32. The molecule has 1 aliphatic rings. The van der Waals surface area contributed by atoms with E-state index in [4.69, 9.17) is 0 Å². The average molecular weight is 284 g/mol. The maximum Gasteiger partial charge on any atom is 0.307 e. The number of esters is 1. The molecule has 1 N–H and O–H groups in total. The van der Waals surface area contributed by atoms with Crippen LogP contribution in [0.3, 0.4) is 0 Å². The van der Waals surface area contributed by atoms with Crippen molar-refractivity contribution >= 4 is 11.9 Å². The Morgan fingerprint density at radius 3 is 2.85 bits per heavy atom. The summed E-state index contributed by atoms with van der Waals surface area (Å²) in [4.78, 5) is 24.3. The molecule has 0 bridgehead atoms. The highest BCUT2D eigenvalue weighted by Crippen LogP contribution is 2.24. The van der Waals surface area contributed by atoms with E-state index in [1.807, 2.05) is 0 Å². The molecular formula is C13H14F2N2O3. The van der Waals surface area contributed by atoms with Gasteiger partial charge in [-0.15, -0.1) is 0 Å². The molecule has 1 saturated heterocycles. The van der Waals surface area contributed by atoms with Gasteiger partial charge in [-0.05, 0) is 17.7 Å². The van der Waals surface area contributed by atoms with E-state index in [0.29, 0.717) is 5.56 Å². The highest BCUT2D eigenvalue weighted by molar-refractivity contribution is 5.81. The number of hydrogen-bond donors (Lipinski definition) is 1. The predicted molar refractivity (Wildman–Crippen MR) is 65.4 cm³/mol. The summed E-state index contributed by atoms with van der Waals surface area (Å²) in [5.41, 5.74) is 0.430. The molecule has 0 aliphatic carbocycles. The third-order valence-corrected chi connectivity index (χ3v) is 3.12. The van der Waals surface area contributed by atoms with Gasteiger partial charge in [0.15, 0.2) is 11.6 Å². The van der Waals surface area contributed by atoms with E-state index in [9.17, 15) is 18.4 Å². The molecule has 1 aromatic rings. The lowest BCUT2D eigenvalue weighted by atomic mass is 10.1. The van der Waals surface area contributed by atoms with Crippen LogP contribution in [-0.4, -0.2) is 37.0 Å². The number of halogens is 2. The molecule has 0 radical (unpaired) electrons. The fourth-order valence-electron chi connectivity index (χ4n) is 2.09. The normalized spacial score (nSPS) is 18.4. The Morgan fingerprint density at radius 1 is 1.45 bits per heavy atom. The van der Waals surface area contributed by atoms with Crippen LogP contribution in [0.15, 0.2) is 18.2 Å². The minimum atomic E-state index is -0.975. The van der Waals surface area contributed by atoms with Crippen LogP contribution in [0.25, 0.3) is 0 Å². The molecule has 1 unspecified atom stereocenters. The van der Waals surface area contributed by atoms with Crippen LogP contribution in [0.2, 0.25) is 0 Å². The third kappa shape index (κ3) is 2.93. The molecule has 1 atom stereocenters. The number of nitrogens with zero attached hydrogens (tertiary/aromatic N) is 1.